The lowest BCUT2D eigenvalue weighted by molar-refractivity contribution is 0.332. The lowest BCUT2D eigenvalue weighted by Gasteiger charge is -2.06. The highest BCUT2D eigenvalue weighted by atomic mass is 16.6. The molecule has 44 valence electrons. The molecule has 0 fully saturated rings. The van der Waals surface area contributed by atoms with Crippen molar-refractivity contribution in [1.29, 1.82) is 0 Å². The van der Waals surface area contributed by atoms with Crippen LogP contribution >= 0.6 is 0 Å². The molecule has 1 unspecified atom stereocenters. The Morgan fingerprint density at radius 3 is 2.88 bits per heavy atom. The van der Waals surface area contributed by atoms with Crippen LogP contribution in [0.5, 0.6) is 0 Å². The fourth-order valence-electron chi connectivity index (χ4n) is 0.409. The highest BCUT2D eigenvalue weighted by molar-refractivity contribution is 5.88. The van der Waals surface area contributed by atoms with Crippen LogP contribution < -0.4 is 0 Å². The summed E-state index contributed by atoms with van der Waals surface area (Å²) in [6.45, 7) is 3.86. The molecule has 1 aliphatic rings. The van der Waals surface area contributed by atoms with Gasteiger partial charge in [-0.15, -0.1) is 0 Å². The average molecular weight is 112 g/mol. The van der Waals surface area contributed by atoms with Crippen LogP contribution in [-0.2, 0) is 4.84 Å². The molecule has 0 aliphatic carbocycles. The fourth-order valence-corrected chi connectivity index (χ4v) is 0.409. The minimum absolute atomic E-state index is 0.198. The molecule has 8 heavy (non-hydrogen) atoms. The summed E-state index contributed by atoms with van der Waals surface area (Å²) in [6.07, 6.45) is 1.36. The van der Waals surface area contributed by atoms with Gasteiger partial charge in [-0.3, -0.25) is 0 Å². The average Bonchev–Trinajstić information content (AvgIpc) is 1.77. The SMILES string of the molecule is CC1=NOC=NC1C. The molecule has 0 saturated carbocycles. The Morgan fingerprint density at radius 2 is 2.50 bits per heavy atom. The third-order valence-corrected chi connectivity index (χ3v) is 1.13. The predicted molar refractivity (Wildman–Crippen MR) is 32.1 cm³/mol. The lowest BCUT2D eigenvalue weighted by atomic mass is 10.2. The lowest BCUT2D eigenvalue weighted by Crippen LogP contribution is -2.14. The van der Waals surface area contributed by atoms with Crippen LogP contribution in [0.25, 0.3) is 0 Å². The summed E-state index contributed by atoms with van der Waals surface area (Å²) in [5.74, 6) is 0. The van der Waals surface area contributed by atoms with E-state index < -0.39 is 0 Å². The second kappa shape index (κ2) is 1.94. The third kappa shape index (κ3) is 0.857. The van der Waals surface area contributed by atoms with E-state index in [1.165, 1.54) is 6.40 Å². The molecule has 1 atom stereocenters. The van der Waals surface area contributed by atoms with Crippen LogP contribution in [0, 0.1) is 0 Å². The van der Waals surface area contributed by atoms with Gasteiger partial charge < -0.3 is 4.84 Å². The molecule has 0 N–H and O–H groups in total. The Labute approximate surface area is 48.1 Å². The first-order valence-corrected chi connectivity index (χ1v) is 2.52. The monoisotopic (exact) mass is 112 g/mol. The Balaban J connectivity index is 2.63. The van der Waals surface area contributed by atoms with E-state index in [-0.39, 0.29) is 6.04 Å². The molecular weight excluding hydrogens is 104 g/mol. The Kier molecular flexibility index (Phi) is 1.28. The summed E-state index contributed by atoms with van der Waals surface area (Å²) in [7, 11) is 0. The minimum Gasteiger partial charge on any atom is -0.345 e. The molecule has 1 rings (SSSR count). The fraction of sp³-hybridized carbons (Fsp3) is 0.600. The largest absolute Gasteiger partial charge is 0.345 e. The number of rotatable bonds is 0. The molecule has 0 radical (unpaired) electrons. The summed E-state index contributed by atoms with van der Waals surface area (Å²) in [5, 5.41) is 3.68. The van der Waals surface area contributed by atoms with Crippen molar-refractivity contribution in [2.24, 2.45) is 10.1 Å². The van der Waals surface area contributed by atoms with Crippen molar-refractivity contribution in [2.75, 3.05) is 0 Å². The minimum atomic E-state index is 0.198. The summed E-state index contributed by atoms with van der Waals surface area (Å²) >= 11 is 0. The van der Waals surface area contributed by atoms with Gasteiger partial charge in [0.15, 0.2) is 0 Å². The first kappa shape index (κ1) is 5.28. The topological polar surface area (TPSA) is 34.0 Å². The van der Waals surface area contributed by atoms with E-state index in [1.54, 1.807) is 0 Å². The van der Waals surface area contributed by atoms with Crippen molar-refractivity contribution in [1.82, 2.24) is 0 Å². The van der Waals surface area contributed by atoms with Crippen LogP contribution in [0.4, 0.5) is 0 Å². The Bertz CT molecular complexity index is 139. The maximum absolute atomic E-state index is 4.55. The Morgan fingerprint density at radius 1 is 1.75 bits per heavy atom. The van der Waals surface area contributed by atoms with Crippen molar-refractivity contribution in [3.63, 3.8) is 0 Å². The van der Waals surface area contributed by atoms with Gasteiger partial charge in [-0.05, 0) is 13.8 Å². The van der Waals surface area contributed by atoms with Crippen LogP contribution in [-0.4, -0.2) is 18.2 Å². The van der Waals surface area contributed by atoms with Crippen molar-refractivity contribution < 1.29 is 4.84 Å². The second-order valence-electron chi connectivity index (χ2n) is 1.77. The van der Waals surface area contributed by atoms with E-state index in [2.05, 4.69) is 15.0 Å². The van der Waals surface area contributed by atoms with Crippen LogP contribution in [0.3, 0.4) is 0 Å². The molecule has 3 nitrogen and oxygen atoms in total. The smallest absolute Gasteiger partial charge is 0.207 e. The number of hydrogen-bond acceptors (Lipinski definition) is 3. The molecule has 0 saturated heterocycles. The van der Waals surface area contributed by atoms with Gasteiger partial charge in [0.25, 0.3) is 0 Å². The molecule has 1 aliphatic heterocycles. The highest BCUT2D eigenvalue weighted by Gasteiger charge is 2.05. The number of hydrogen-bond donors (Lipinski definition) is 0. The second-order valence-corrected chi connectivity index (χ2v) is 1.77. The van der Waals surface area contributed by atoms with Crippen molar-refractivity contribution >= 4 is 12.1 Å². The number of aliphatic imine (C=N–C) groups is 1. The zero-order valence-electron chi connectivity index (χ0n) is 4.96. The zero-order chi connectivity index (χ0) is 5.98. The van der Waals surface area contributed by atoms with E-state index >= 15 is 0 Å². The van der Waals surface area contributed by atoms with Gasteiger partial charge in [0.1, 0.15) is 0 Å². The van der Waals surface area contributed by atoms with E-state index in [1.807, 2.05) is 13.8 Å². The standard InChI is InChI=1S/C5H8N2O/c1-4-5(2)7-8-3-6-4/h3-4H,1-2H3. The molecule has 0 aromatic carbocycles. The molecule has 3 heteroatoms. The Hall–Kier alpha value is -0.860. The van der Waals surface area contributed by atoms with Gasteiger partial charge in [0, 0.05) is 0 Å². The number of nitrogens with zero attached hydrogens (tertiary/aromatic N) is 2. The first-order valence-electron chi connectivity index (χ1n) is 2.52. The summed E-state index contributed by atoms with van der Waals surface area (Å²) in [5.41, 5.74) is 0.924. The van der Waals surface area contributed by atoms with Crippen molar-refractivity contribution in [3.05, 3.63) is 0 Å². The van der Waals surface area contributed by atoms with Gasteiger partial charge in [0.2, 0.25) is 6.40 Å². The predicted octanol–water partition coefficient (Wildman–Crippen LogP) is 0.809. The maximum atomic E-state index is 4.55. The van der Waals surface area contributed by atoms with Crippen molar-refractivity contribution in [3.8, 4) is 0 Å². The summed E-state index contributed by atoms with van der Waals surface area (Å²) in [6, 6.07) is 0.198. The number of oxime groups is 1. The van der Waals surface area contributed by atoms with Crippen LogP contribution in [0.15, 0.2) is 10.1 Å². The molecule has 0 aromatic heterocycles. The van der Waals surface area contributed by atoms with Gasteiger partial charge in [-0.25, -0.2) is 4.99 Å². The van der Waals surface area contributed by atoms with Gasteiger partial charge in [0.05, 0.1) is 11.8 Å². The summed E-state index contributed by atoms with van der Waals surface area (Å²) < 4.78 is 0. The molecule has 1 heterocycles. The quantitative estimate of drug-likeness (QED) is 0.456. The summed E-state index contributed by atoms with van der Waals surface area (Å²) in [4.78, 5) is 8.48. The molecule has 0 amide bonds. The zero-order valence-corrected chi connectivity index (χ0v) is 4.96. The molecule has 0 bridgehead atoms. The molecule has 0 spiro atoms. The molecule has 0 aromatic rings. The normalized spacial score (nSPS) is 26.8. The van der Waals surface area contributed by atoms with E-state index in [9.17, 15) is 0 Å². The molecular formula is C5H8N2O. The van der Waals surface area contributed by atoms with Crippen LogP contribution in [0.1, 0.15) is 13.8 Å². The van der Waals surface area contributed by atoms with Crippen molar-refractivity contribution in [2.45, 2.75) is 19.9 Å². The maximum Gasteiger partial charge on any atom is 0.207 e. The first-order chi connectivity index (χ1) is 3.80. The van der Waals surface area contributed by atoms with Crippen LogP contribution in [0.2, 0.25) is 0 Å². The van der Waals surface area contributed by atoms with Gasteiger partial charge >= 0.3 is 0 Å². The van der Waals surface area contributed by atoms with Gasteiger partial charge in [-0.1, -0.05) is 5.16 Å². The third-order valence-electron chi connectivity index (χ3n) is 1.13. The highest BCUT2D eigenvalue weighted by Crippen LogP contribution is 1.97. The van der Waals surface area contributed by atoms with E-state index in [0.29, 0.717) is 0 Å². The van der Waals surface area contributed by atoms with Gasteiger partial charge in [-0.2, -0.15) is 0 Å². The van der Waals surface area contributed by atoms with E-state index in [0.717, 1.165) is 5.71 Å². The van der Waals surface area contributed by atoms with E-state index in [4.69, 9.17) is 0 Å².